The zero-order valence-corrected chi connectivity index (χ0v) is 17.6. The highest BCUT2D eigenvalue weighted by Crippen LogP contribution is 2.20. The molecule has 0 aromatic heterocycles. The summed E-state index contributed by atoms with van der Waals surface area (Å²) in [7, 11) is 0. The molecule has 1 atom stereocenters. The molecule has 0 amide bonds. The molecule has 0 bridgehead atoms. The van der Waals surface area contributed by atoms with Gasteiger partial charge in [-0.2, -0.15) is 0 Å². The molecular formula is C24H26N2O6. The van der Waals surface area contributed by atoms with Crippen LogP contribution in [0, 0.1) is 10.1 Å². The lowest BCUT2D eigenvalue weighted by Gasteiger charge is -2.14. The van der Waals surface area contributed by atoms with Gasteiger partial charge in [0, 0.05) is 19.2 Å². The van der Waals surface area contributed by atoms with Crippen LogP contribution in [-0.4, -0.2) is 42.7 Å². The summed E-state index contributed by atoms with van der Waals surface area (Å²) in [6.45, 7) is 1.03. The van der Waals surface area contributed by atoms with Gasteiger partial charge in [0.2, 0.25) is 0 Å². The molecule has 0 aliphatic heterocycles. The minimum atomic E-state index is -0.863. The molecule has 0 heterocycles. The van der Waals surface area contributed by atoms with Crippen molar-refractivity contribution in [3.63, 3.8) is 0 Å². The van der Waals surface area contributed by atoms with Crippen LogP contribution >= 0.6 is 0 Å². The third-order valence-corrected chi connectivity index (χ3v) is 4.57. The molecule has 3 aromatic rings. The first-order chi connectivity index (χ1) is 15.6. The standard InChI is InChI=1S/C24H26N2O6/c27-22(18-31-24-8-4-7-23(15-24)30-13-14-32-26(28)29)17-25-16-19-9-11-21(12-10-19)20-5-2-1-3-6-20/h1-12,15,22,25,27H,13-14,16-18H2. The van der Waals surface area contributed by atoms with Crippen LogP contribution in [0.4, 0.5) is 0 Å². The molecule has 1 unspecified atom stereocenters. The molecule has 0 saturated heterocycles. The van der Waals surface area contributed by atoms with E-state index in [4.69, 9.17) is 9.47 Å². The van der Waals surface area contributed by atoms with Gasteiger partial charge in [0.15, 0.2) is 0 Å². The van der Waals surface area contributed by atoms with Gasteiger partial charge < -0.3 is 24.7 Å². The molecule has 0 fully saturated rings. The lowest BCUT2D eigenvalue weighted by molar-refractivity contribution is -0.757. The molecule has 3 rings (SSSR count). The smallest absolute Gasteiger partial charge is 0.294 e. The molecule has 2 N–H and O–H groups in total. The fourth-order valence-electron chi connectivity index (χ4n) is 3.01. The van der Waals surface area contributed by atoms with Crippen molar-refractivity contribution >= 4 is 0 Å². The highest BCUT2D eigenvalue weighted by atomic mass is 17.0. The highest BCUT2D eigenvalue weighted by molar-refractivity contribution is 5.63. The third-order valence-electron chi connectivity index (χ3n) is 4.57. The van der Waals surface area contributed by atoms with Crippen molar-refractivity contribution < 1.29 is 24.5 Å². The maximum atomic E-state index is 10.2. The fraction of sp³-hybridized carbons (Fsp3) is 0.250. The highest BCUT2D eigenvalue weighted by Gasteiger charge is 2.06. The Labute approximate surface area is 186 Å². The lowest BCUT2D eigenvalue weighted by atomic mass is 10.0. The Balaban J connectivity index is 1.36. The predicted molar refractivity (Wildman–Crippen MR) is 120 cm³/mol. The number of nitrogens with zero attached hydrogens (tertiary/aromatic N) is 1. The van der Waals surface area contributed by atoms with Crippen LogP contribution in [0.25, 0.3) is 11.1 Å². The molecular weight excluding hydrogens is 412 g/mol. The van der Waals surface area contributed by atoms with Gasteiger partial charge in [-0.25, -0.2) is 0 Å². The normalized spacial score (nSPS) is 11.5. The lowest BCUT2D eigenvalue weighted by Crippen LogP contribution is -2.31. The molecule has 8 heteroatoms. The third kappa shape index (κ3) is 7.90. The van der Waals surface area contributed by atoms with E-state index in [1.165, 1.54) is 11.1 Å². The van der Waals surface area contributed by atoms with Gasteiger partial charge in [-0.15, -0.1) is 10.1 Å². The van der Waals surface area contributed by atoms with Crippen LogP contribution in [-0.2, 0) is 11.4 Å². The van der Waals surface area contributed by atoms with E-state index in [0.717, 1.165) is 5.56 Å². The summed E-state index contributed by atoms with van der Waals surface area (Å²) in [5.41, 5.74) is 3.47. The number of hydrogen-bond acceptors (Lipinski definition) is 7. The maximum Gasteiger partial charge on any atom is 0.294 e. The first-order valence-corrected chi connectivity index (χ1v) is 10.3. The molecule has 0 saturated carbocycles. The van der Waals surface area contributed by atoms with Crippen LogP contribution in [0.15, 0.2) is 78.9 Å². The monoisotopic (exact) mass is 438 g/mol. The second-order valence-corrected chi connectivity index (χ2v) is 7.04. The van der Waals surface area contributed by atoms with E-state index in [9.17, 15) is 15.2 Å². The molecule has 3 aromatic carbocycles. The average Bonchev–Trinajstić information content (AvgIpc) is 2.82. The number of benzene rings is 3. The number of rotatable bonds is 13. The second kappa shape index (κ2) is 12.3. The summed E-state index contributed by atoms with van der Waals surface area (Å²) in [5, 5.41) is 22.7. The molecule has 32 heavy (non-hydrogen) atoms. The Morgan fingerprint density at radius 2 is 1.56 bits per heavy atom. The van der Waals surface area contributed by atoms with Crippen molar-refractivity contribution in [1.82, 2.24) is 5.32 Å². The first-order valence-electron chi connectivity index (χ1n) is 10.3. The minimum absolute atomic E-state index is 0.0449. The molecule has 0 spiro atoms. The van der Waals surface area contributed by atoms with Crippen molar-refractivity contribution in [1.29, 1.82) is 0 Å². The van der Waals surface area contributed by atoms with Crippen LogP contribution < -0.4 is 14.8 Å². The van der Waals surface area contributed by atoms with Gasteiger partial charge in [-0.3, -0.25) is 0 Å². The van der Waals surface area contributed by atoms with E-state index in [1.807, 2.05) is 18.2 Å². The van der Waals surface area contributed by atoms with Gasteiger partial charge in [0.05, 0.1) is 0 Å². The predicted octanol–water partition coefficient (Wildman–Crippen LogP) is 3.47. The maximum absolute atomic E-state index is 10.2. The Hall–Kier alpha value is -3.62. The summed E-state index contributed by atoms with van der Waals surface area (Å²) in [5.74, 6) is 1.04. The number of aliphatic hydroxyl groups is 1. The molecule has 0 aliphatic carbocycles. The summed E-state index contributed by atoms with van der Waals surface area (Å²) < 4.78 is 11.0. The Morgan fingerprint density at radius 3 is 2.28 bits per heavy atom. The Morgan fingerprint density at radius 1 is 0.875 bits per heavy atom. The Bertz CT molecular complexity index is 966. The van der Waals surface area contributed by atoms with Crippen molar-refractivity contribution in [3.05, 3.63) is 94.5 Å². The zero-order valence-electron chi connectivity index (χ0n) is 17.6. The molecule has 0 radical (unpaired) electrons. The fourth-order valence-corrected chi connectivity index (χ4v) is 3.01. The van der Waals surface area contributed by atoms with Crippen LogP contribution in [0.3, 0.4) is 0 Å². The zero-order chi connectivity index (χ0) is 22.6. The molecule has 0 aliphatic rings. The largest absolute Gasteiger partial charge is 0.491 e. The SMILES string of the molecule is O=[N+]([O-])OCCOc1cccc(OCC(O)CNCc2ccc(-c3ccccc3)cc2)c1. The number of nitrogens with one attached hydrogen (secondary N) is 1. The van der Waals surface area contributed by atoms with Gasteiger partial charge in [0.1, 0.15) is 37.4 Å². The van der Waals surface area contributed by atoms with Crippen molar-refractivity contribution in [2.24, 2.45) is 0 Å². The van der Waals surface area contributed by atoms with Crippen molar-refractivity contribution in [3.8, 4) is 22.6 Å². The minimum Gasteiger partial charge on any atom is -0.491 e. The summed E-state index contributed by atoms with van der Waals surface area (Å²) in [6, 6.07) is 25.4. The van der Waals surface area contributed by atoms with Crippen LogP contribution in [0.5, 0.6) is 11.5 Å². The van der Waals surface area contributed by atoms with E-state index in [0.29, 0.717) is 24.6 Å². The number of hydrogen-bond donors (Lipinski definition) is 2. The summed E-state index contributed by atoms with van der Waals surface area (Å²) >= 11 is 0. The van der Waals surface area contributed by atoms with Crippen LogP contribution in [0.1, 0.15) is 5.56 Å². The van der Waals surface area contributed by atoms with E-state index >= 15 is 0 Å². The van der Waals surface area contributed by atoms with Gasteiger partial charge >= 0.3 is 0 Å². The summed E-state index contributed by atoms with van der Waals surface area (Å²) in [6.07, 6.45) is -0.684. The van der Waals surface area contributed by atoms with Crippen molar-refractivity contribution in [2.75, 3.05) is 26.4 Å². The topological polar surface area (TPSA) is 103 Å². The van der Waals surface area contributed by atoms with E-state index in [1.54, 1.807) is 24.3 Å². The first kappa shape index (κ1) is 23.1. The van der Waals surface area contributed by atoms with Crippen molar-refractivity contribution in [2.45, 2.75) is 12.6 Å². The molecule has 8 nitrogen and oxygen atoms in total. The molecule has 168 valence electrons. The quantitative estimate of drug-likeness (QED) is 0.239. The van der Waals surface area contributed by atoms with E-state index in [2.05, 4.69) is 46.6 Å². The second-order valence-electron chi connectivity index (χ2n) is 7.04. The van der Waals surface area contributed by atoms with Gasteiger partial charge in [0.25, 0.3) is 5.09 Å². The number of aliphatic hydroxyl groups excluding tert-OH is 1. The van der Waals surface area contributed by atoms with Gasteiger partial charge in [-0.1, -0.05) is 60.7 Å². The summed E-state index contributed by atoms with van der Waals surface area (Å²) in [4.78, 5) is 14.3. The van der Waals surface area contributed by atoms with Crippen LogP contribution in [0.2, 0.25) is 0 Å². The van der Waals surface area contributed by atoms with E-state index < -0.39 is 11.2 Å². The average molecular weight is 438 g/mol. The Kier molecular flexibility index (Phi) is 8.85. The van der Waals surface area contributed by atoms with Gasteiger partial charge in [-0.05, 0) is 28.8 Å². The van der Waals surface area contributed by atoms with E-state index in [-0.39, 0.29) is 19.8 Å². The number of ether oxygens (including phenoxy) is 2.